The predicted molar refractivity (Wildman–Crippen MR) is 82.5 cm³/mol. The van der Waals surface area contributed by atoms with Crippen molar-refractivity contribution < 1.29 is 0 Å². The molecule has 1 saturated carbocycles. The van der Waals surface area contributed by atoms with Crippen molar-refractivity contribution in [1.29, 1.82) is 0 Å². The number of hydrogen-bond acceptors (Lipinski definition) is 3. The van der Waals surface area contributed by atoms with Crippen LogP contribution in [0.4, 0.5) is 0 Å². The van der Waals surface area contributed by atoms with Crippen molar-refractivity contribution in [3.8, 4) is 0 Å². The lowest BCUT2D eigenvalue weighted by Crippen LogP contribution is -2.37. The molecule has 0 unspecified atom stereocenters. The van der Waals surface area contributed by atoms with Crippen molar-refractivity contribution in [2.45, 2.75) is 71.8 Å². The molecule has 1 aliphatic carbocycles. The zero-order valence-corrected chi connectivity index (χ0v) is 13.3. The van der Waals surface area contributed by atoms with Gasteiger partial charge in [0.15, 0.2) is 0 Å². The number of hydrogen-bond donors (Lipinski definition) is 1. The van der Waals surface area contributed by atoms with Gasteiger partial charge in [0.25, 0.3) is 0 Å². The van der Waals surface area contributed by atoms with Crippen molar-refractivity contribution >= 4 is 0 Å². The standard InChI is InChI=1S/C16H30N4/c1-4-5-14-6-8-16(11-17,9-7-14)10-15-18-12-19-20(15)13(2)3/h12-14H,4-11,17H2,1-3H3. The zero-order chi connectivity index (χ0) is 14.6. The summed E-state index contributed by atoms with van der Waals surface area (Å²) in [4.78, 5) is 4.48. The van der Waals surface area contributed by atoms with E-state index in [4.69, 9.17) is 5.73 Å². The highest BCUT2D eigenvalue weighted by Gasteiger charge is 2.35. The molecule has 2 N–H and O–H groups in total. The fourth-order valence-corrected chi connectivity index (χ4v) is 3.61. The minimum Gasteiger partial charge on any atom is -0.330 e. The van der Waals surface area contributed by atoms with Crippen LogP contribution in [0.3, 0.4) is 0 Å². The maximum absolute atomic E-state index is 6.14. The highest BCUT2D eigenvalue weighted by molar-refractivity contribution is 4.98. The molecule has 1 fully saturated rings. The molecule has 1 aromatic rings. The van der Waals surface area contributed by atoms with Gasteiger partial charge in [-0.05, 0) is 57.4 Å². The molecule has 1 aliphatic rings. The number of nitrogens with zero attached hydrogens (tertiary/aromatic N) is 3. The highest BCUT2D eigenvalue weighted by Crippen LogP contribution is 2.42. The smallest absolute Gasteiger partial charge is 0.138 e. The molecule has 114 valence electrons. The van der Waals surface area contributed by atoms with E-state index < -0.39 is 0 Å². The zero-order valence-electron chi connectivity index (χ0n) is 13.3. The van der Waals surface area contributed by atoms with E-state index in [1.54, 1.807) is 6.33 Å². The van der Waals surface area contributed by atoms with Gasteiger partial charge >= 0.3 is 0 Å². The molecule has 4 heteroatoms. The first-order valence-electron chi connectivity index (χ1n) is 8.18. The lowest BCUT2D eigenvalue weighted by Gasteiger charge is -2.39. The van der Waals surface area contributed by atoms with Crippen LogP contribution in [-0.4, -0.2) is 21.3 Å². The molecule has 2 rings (SSSR count). The third kappa shape index (κ3) is 3.40. The maximum atomic E-state index is 6.14. The SMILES string of the molecule is CCCC1CCC(CN)(Cc2ncnn2C(C)C)CC1. The Labute approximate surface area is 123 Å². The Balaban J connectivity index is 2.04. The third-order valence-electron chi connectivity index (χ3n) is 4.97. The van der Waals surface area contributed by atoms with E-state index in [9.17, 15) is 0 Å². The van der Waals surface area contributed by atoms with Crippen LogP contribution in [0.2, 0.25) is 0 Å². The van der Waals surface area contributed by atoms with E-state index >= 15 is 0 Å². The van der Waals surface area contributed by atoms with Crippen LogP contribution in [0, 0.1) is 11.3 Å². The Morgan fingerprint density at radius 3 is 2.65 bits per heavy atom. The summed E-state index contributed by atoms with van der Waals surface area (Å²) in [6.07, 6.45) is 10.5. The van der Waals surface area contributed by atoms with Gasteiger partial charge in [-0.1, -0.05) is 19.8 Å². The minimum absolute atomic E-state index is 0.254. The summed E-state index contributed by atoms with van der Waals surface area (Å²) in [7, 11) is 0. The quantitative estimate of drug-likeness (QED) is 0.868. The fraction of sp³-hybridized carbons (Fsp3) is 0.875. The summed E-state index contributed by atoms with van der Waals surface area (Å²) < 4.78 is 2.05. The normalized spacial score (nSPS) is 27.1. The van der Waals surface area contributed by atoms with Crippen LogP contribution < -0.4 is 5.73 Å². The molecule has 20 heavy (non-hydrogen) atoms. The van der Waals surface area contributed by atoms with Crippen LogP contribution in [0.1, 0.15) is 71.2 Å². The number of rotatable bonds is 6. The first-order chi connectivity index (χ1) is 9.60. The highest BCUT2D eigenvalue weighted by atomic mass is 15.3. The first kappa shape index (κ1) is 15.5. The summed E-state index contributed by atoms with van der Waals surface area (Å²) in [5.74, 6) is 2.03. The van der Waals surface area contributed by atoms with Gasteiger partial charge in [-0.3, -0.25) is 0 Å². The molecule has 0 bridgehead atoms. The molecule has 1 aromatic heterocycles. The van der Waals surface area contributed by atoms with Gasteiger partial charge in [0, 0.05) is 12.5 Å². The average molecular weight is 278 g/mol. The number of nitrogens with two attached hydrogens (primary N) is 1. The van der Waals surface area contributed by atoms with Crippen LogP contribution in [-0.2, 0) is 6.42 Å². The first-order valence-corrected chi connectivity index (χ1v) is 8.18. The van der Waals surface area contributed by atoms with Crippen molar-refractivity contribution in [3.05, 3.63) is 12.2 Å². The lowest BCUT2D eigenvalue weighted by atomic mass is 9.67. The Morgan fingerprint density at radius 2 is 2.10 bits per heavy atom. The summed E-state index contributed by atoms with van der Waals surface area (Å²) in [5.41, 5.74) is 6.40. The molecular formula is C16H30N4. The second-order valence-electron chi connectivity index (χ2n) is 6.83. The topological polar surface area (TPSA) is 56.7 Å². The van der Waals surface area contributed by atoms with Gasteiger partial charge in [-0.15, -0.1) is 0 Å². The van der Waals surface area contributed by atoms with Crippen molar-refractivity contribution in [2.75, 3.05) is 6.54 Å². The average Bonchev–Trinajstić information content (AvgIpc) is 2.89. The molecule has 0 aliphatic heterocycles. The second kappa shape index (κ2) is 6.70. The molecule has 0 amide bonds. The monoisotopic (exact) mass is 278 g/mol. The minimum atomic E-state index is 0.254. The van der Waals surface area contributed by atoms with Crippen molar-refractivity contribution in [1.82, 2.24) is 14.8 Å². The number of aromatic nitrogens is 3. The summed E-state index contributed by atoms with van der Waals surface area (Å²) in [6, 6.07) is 0.374. The van der Waals surface area contributed by atoms with E-state index in [0.29, 0.717) is 6.04 Å². The Morgan fingerprint density at radius 1 is 1.40 bits per heavy atom. The van der Waals surface area contributed by atoms with Gasteiger partial charge in [0.05, 0.1) is 0 Å². The Kier molecular flexibility index (Phi) is 5.19. The molecule has 0 spiro atoms. The lowest BCUT2D eigenvalue weighted by molar-refractivity contribution is 0.146. The molecular weight excluding hydrogens is 248 g/mol. The summed E-state index contributed by atoms with van der Waals surface area (Å²) >= 11 is 0. The van der Waals surface area contributed by atoms with E-state index in [1.165, 1.54) is 38.5 Å². The van der Waals surface area contributed by atoms with Gasteiger partial charge in [-0.2, -0.15) is 5.10 Å². The van der Waals surface area contributed by atoms with Gasteiger partial charge in [0.2, 0.25) is 0 Å². The molecule has 0 atom stereocenters. The molecule has 0 aromatic carbocycles. The molecule has 1 heterocycles. The van der Waals surface area contributed by atoms with Gasteiger partial charge in [-0.25, -0.2) is 9.67 Å². The van der Waals surface area contributed by atoms with Crippen LogP contribution in [0.15, 0.2) is 6.33 Å². The van der Waals surface area contributed by atoms with Crippen molar-refractivity contribution in [3.63, 3.8) is 0 Å². The largest absolute Gasteiger partial charge is 0.330 e. The molecule has 0 saturated heterocycles. The predicted octanol–water partition coefficient (Wildman–Crippen LogP) is 3.34. The van der Waals surface area contributed by atoms with Crippen molar-refractivity contribution in [2.24, 2.45) is 17.1 Å². The Hall–Kier alpha value is -0.900. The third-order valence-corrected chi connectivity index (χ3v) is 4.97. The van der Waals surface area contributed by atoms with Gasteiger partial charge < -0.3 is 5.73 Å². The van der Waals surface area contributed by atoms with E-state index in [0.717, 1.165) is 24.7 Å². The summed E-state index contributed by atoms with van der Waals surface area (Å²) in [5, 5.41) is 4.36. The second-order valence-corrected chi connectivity index (χ2v) is 6.83. The fourth-order valence-electron chi connectivity index (χ4n) is 3.61. The summed E-state index contributed by atoms with van der Waals surface area (Å²) in [6.45, 7) is 7.38. The Bertz CT molecular complexity index is 402. The van der Waals surface area contributed by atoms with E-state index in [2.05, 4.69) is 35.5 Å². The van der Waals surface area contributed by atoms with Gasteiger partial charge in [0.1, 0.15) is 12.2 Å². The molecule has 4 nitrogen and oxygen atoms in total. The van der Waals surface area contributed by atoms with Crippen LogP contribution >= 0.6 is 0 Å². The van der Waals surface area contributed by atoms with E-state index in [-0.39, 0.29) is 5.41 Å². The van der Waals surface area contributed by atoms with Crippen LogP contribution in [0.5, 0.6) is 0 Å². The van der Waals surface area contributed by atoms with E-state index in [1.807, 2.05) is 0 Å². The van der Waals surface area contributed by atoms with Crippen LogP contribution in [0.25, 0.3) is 0 Å². The maximum Gasteiger partial charge on any atom is 0.138 e. The molecule has 0 radical (unpaired) electrons.